The number of ether oxygens (including phenoxy) is 3. The van der Waals surface area contributed by atoms with Crippen molar-refractivity contribution in [3.05, 3.63) is 35.9 Å². The van der Waals surface area contributed by atoms with Crippen molar-refractivity contribution in [2.75, 3.05) is 18.5 Å². The molecule has 2 rings (SSSR count). The summed E-state index contributed by atoms with van der Waals surface area (Å²) < 4.78 is 17.4. The predicted molar refractivity (Wildman–Crippen MR) is 83.0 cm³/mol. The first-order valence-electron chi connectivity index (χ1n) is 7.33. The highest BCUT2D eigenvalue weighted by atomic mass is 79.9. The van der Waals surface area contributed by atoms with Gasteiger partial charge in [0.2, 0.25) is 0 Å². The summed E-state index contributed by atoms with van der Waals surface area (Å²) in [4.78, 5) is 0. The first kappa shape index (κ1) is 16.0. The van der Waals surface area contributed by atoms with Crippen molar-refractivity contribution in [2.24, 2.45) is 0 Å². The van der Waals surface area contributed by atoms with Crippen molar-refractivity contribution < 1.29 is 14.2 Å². The zero-order chi connectivity index (χ0) is 14.0. The van der Waals surface area contributed by atoms with E-state index < -0.39 is 0 Å². The third kappa shape index (κ3) is 5.92. The second kappa shape index (κ2) is 9.50. The third-order valence-electron chi connectivity index (χ3n) is 3.33. The molecule has 1 fully saturated rings. The summed E-state index contributed by atoms with van der Waals surface area (Å²) >= 11 is 3.48. The van der Waals surface area contributed by atoms with Crippen molar-refractivity contribution in [2.45, 2.75) is 44.7 Å². The van der Waals surface area contributed by atoms with Gasteiger partial charge in [0.05, 0.1) is 19.3 Å². The molecule has 0 amide bonds. The molecule has 0 saturated carbocycles. The van der Waals surface area contributed by atoms with E-state index in [0.717, 1.165) is 31.2 Å². The Bertz CT molecular complexity index is 352. The van der Waals surface area contributed by atoms with Crippen LogP contribution in [0.25, 0.3) is 0 Å². The summed E-state index contributed by atoms with van der Waals surface area (Å²) in [6.45, 7) is 2.06. The van der Waals surface area contributed by atoms with Crippen LogP contribution in [0.4, 0.5) is 0 Å². The quantitative estimate of drug-likeness (QED) is 0.670. The van der Waals surface area contributed by atoms with Gasteiger partial charge in [-0.2, -0.15) is 0 Å². The molecule has 1 aromatic rings. The molecule has 1 saturated heterocycles. The number of halogens is 1. The molecule has 1 unspecified atom stereocenters. The fourth-order valence-electron chi connectivity index (χ4n) is 2.23. The van der Waals surface area contributed by atoms with Crippen LogP contribution < -0.4 is 0 Å². The Kier molecular flexibility index (Phi) is 7.58. The fourth-order valence-corrected chi connectivity index (χ4v) is 2.74. The molecule has 4 heteroatoms. The minimum atomic E-state index is -0.0480. The highest BCUT2D eigenvalue weighted by Crippen LogP contribution is 2.17. The van der Waals surface area contributed by atoms with Crippen LogP contribution in [0, 0.1) is 0 Å². The van der Waals surface area contributed by atoms with Crippen LogP contribution in [0.1, 0.15) is 31.2 Å². The topological polar surface area (TPSA) is 27.7 Å². The molecular weight excluding hydrogens is 320 g/mol. The van der Waals surface area contributed by atoms with Gasteiger partial charge in [0.15, 0.2) is 6.29 Å². The lowest BCUT2D eigenvalue weighted by atomic mass is 10.2. The second-order valence-corrected chi connectivity index (χ2v) is 5.83. The van der Waals surface area contributed by atoms with E-state index in [-0.39, 0.29) is 12.4 Å². The van der Waals surface area contributed by atoms with Crippen molar-refractivity contribution >= 4 is 15.9 Å². The zero-order valence-corrected chi connectivity index (χ0v) is 13.4. The van der Waals surface area contributed by atoms with Crippen LogP contribution in [0.15, 0.2) is 30.3 Å². The van der Waals surface area contributed by atoms with Gasteiger partial charge < -0.3 is 14.2 Å². The third-order valence-corrected chi connectivity index (χ3v) is 3.79. The van der Waals surface area contributed by atoms with Gasteiger partial charge in [-0.25, -0.2) is 0 Å². The molecule has 0 aliphatic carbocycles. The van der Waals surface area contributed by atoms with Gasteiger partial charge in [-0.15, -0.1) is 0 Å². The molecular formula is C16H23BrO3. The lowest BCUT2D eigenvalue weighted by Crippen LogP contribution is -2.31. The number of benzene rings is 1. The Hall–Kier alpha value is -0.420. The number of hydrogen-bond donors (Lipinski definition) is 0. The van der Waals surface area contributed by atoms with Gasteiger partial charge in [-0.1, -0.05) is 46.3 Å². The molecule has 20 heavy (non-hydrogen) atoms. The smallest absolute Gasteiger partial charge is 0.158 e. The molecule has 0 bridgehead atoms. The van der Waals surface area contributed by atoms with Crippen LogP contribution in [0.3, 0.4) is 0 Å². The van der Waals surface area contributed by atoms with Crippen molar-refractivity contribution in [1.29, 1.82) is 0 Å². The maximum absolute atomic E-state index is 5.99. The predicted octanol–water partition coefficient (Wildman–Crippen LogP) is 3.90. The van der Waals surface area contributed by atoms with Crippen molar-refractivity contribution in [3.63, 3.8) is 0 Å². The van der Waals surface area contributed by atoms with Crippen LogP contribution >= 0.6 is 15.9 Å². The van der Waals surface area contributed by atoms with E-state index in [4.69, 9.17) is 14.2 Å². The fraction of sp³-hybridized carbons (Fsp3) is 0.625. The number of alkyl halides is 1. The molecule has 1 aliphatic rings. The standard InChI is InChI=1S/C16H23BrO3/c17-10-9-15(20-16-8-4-5-11-19-16)13-18-12-14-6-2-1-3-7-14/h1-3,6-7,15-16H,4-5,8-13H2/t15-,16?/m0/s1. The normalized spacial score (nSPS) is 20.8. The molecule has 1 aliphatic heterocycles. The molecule has 2 atom stereocenters. The average Bonchev–Trinajstić information content (AvgIpc) is 2.49. The first-order chi connectivity index (χ1) is 9.88. The van der Waals surface area contributed by atoms with Gasteiger partial charge in [-0.3, -0.25) is 0 Å². The van der Waals surface area contributed by atoms with Crippen molar-refractivity contribution in [3.8, 4) is 0 Å². The minimum absolute atomic E-state index is 0.0480. The Morgan fingerprint density at radius 3 is 2.80 bits per heavy atom. The van der Waals surface area contributed by atoms with Gasteiger partial charge in [0, 0.05) is 11.9 Å². The Morgan fingerprint density at radius 2 is 2.10 bits per heavy atom. The second-order valence-electron chi connectivity index (χ2n) is 5.03. The zero-order valence-electron chi connectivity index (χ0n) is 11.8. The van der Waals surface area contributed by atoms with E-state index in [9.17, 15) is 0 Å². The Morgan fingerprint density at radius 1 is 1.25 bits per heavy atom. The SMILES string of the molecule is BrCC[C@@H](COCc1ccccc1)OC1CCCCO1. The molecule has 0 spiro atoms. The van der Waals surface area contributed by atoms with Crippen LogP contribution in [-0.4, -0.2) is 30.9 Å². The Labute approximate surface area is 129 Å². The van der Waals surface area contributed by atoms with E-state index >= 15 is 0 Å². The minimum Gasteiger partial charge on any atom is -0.374 e. The summed E-state index contributed by atoms with van der Waals surface area (Å²) in [6.07, 6.45) is 4.32. The van der Waals surface area contributed by atoms with Crippen LogP contribution in [-0.2, 0) is 20.8 Å². The van der Waals surface area contributed by atoms with Gasteiger partial charge in [0.1, 0.15) is 0 Å². The van der Waals surface area contributed by atoms with E-state index in [1.54, 1.807) is 0 Å². The summed E-state index contributed by atoms with van der Waals surface area (Å²) in [7, 11) is 0. The van der Waals surface area contributed by atoms with E-state index in [1.165, 1.54) is 12.0 Å². The molecule has 0 radical (unpaired) electrons. The van der Waals surface area contributed by atoms with Gasteiger partial charge in [0.25, 0.3) is 0 Å². The van der Waals surface area contributed by atoms with Gasteiger partial charge in [-0.05, 0) is 31.2 Å². The van der Waals surface area contributed by atoms with E-state index in [0.29, 0.717) is 13.2 Å². The maximum atomic E-state index is 5.99. The average molecular weight is 343 g/mol. The lowest BCUT2D eigenvalue weighted by molar-refractivity contribution is -0.198. The highest BCUT2D eigenvalue weighted by Gasteiger charge is 2.19. The lowest BCUT2D eigenvalue weighted by Gasteiger charge is -2.27. The number of rotatable bonds is 8. The van der Waals surface area contributed by atoms with Crippen LogP contribution in [0.5, 0.6) is 0 Å². The van der Waals surface area contributed by atoms with E-state index in [1.807, 2.05) is 18.2 Å². The summed E-state index contributed by atoms with van der Waals surface area (Å²) in [5, 5.41) is 0.916. The van der Waals surface area contributed by atoms with Crippen LogP contribution in [0.2, 0.25) is 0 Å². The molecule has 3 nitrogen and oxygen atoms in total. The monoisotopic (exact) mass is 342 g/mol. The molecule has 0 aromatic heterocycles. The largest absolute Gasteiger partial charge is 0.374 e. The van der Waals surface area contributed by atoms with Crippen molar-refractivity contribution in [1.82, 2.24) is 0 Å². The molecule has 1 heterocycles. The molecule has 0 N–H and O–H groups in total. The molecule has 1 aromatic carbocycles. The van der Waals surface area contributed by atoms with Gasteiger partial charge >= 0.3 is 0 Å². The summed E-state index contributed by atoms with van der Waals surface area (Å²) in [6, 6.07) is 10.2. The Balaban J connectivity index is 1.71. The maximum Gasteiger partial charge on any atom is 0.158 e. The highest BCUT2D eigenvalue weighted by molar-refractivity contribution is 9.09. The van der Waals surface area contributed by atoms with E-state index in [2.05, 4.69) is 28.1 Å². The summed E-state index contributed by atoms with van der Waals surface area (Å²) in [5.74, 6) is 0. The molecule has 112 valence electrons. The number of hydrogen-bond acceptors (Lipinski definition) is 3. The summed E-state index contributed by atoms with van der Waals surface area (Å²) in [5.41, 5.74) is 1.19. The first-order valence-corrected chi connectivity index (χ1v) is 8.45.